The number of alkyl halides is 3. The minimum Gasteiger partial charge on any atom is -0.355 e. The van der Waals surface area contributed by atoms with Crippen molar-refractivity contribution in [2.75, 3.05) is 18.0 Å². The van der Waals surface area contributed by atoms with Crippen LogP contribution in [0.5, 0.6) is 0 Å². The Labute approximate surface area is 122 Å². The van der Waals surface area contributed by atoms with Gasteiger partial charge in [-0.25, -0.2) is 4.98 Å². The second kappa shape index (κ2) is 6.60. The summed E-state index contributed by atoms with van der Waals surface area (Å²) in [6.07, 6.45) is -0.533. The van der Waals surface area contributed by atoms with E-state index in [1.165, 1.54) is 0 Å². The van der Waals surface area contributed by atoms with Gasteiger partial charge in [0.25, 0.3) is 0 Å². The number of aromatic nitrogens is 2. The molecule has 0 unspecified atom stereocenters. The molecule has 0 bridgehead atoms. The van der Waals surface area contributed by atoms with Gasteiger partial charge in [0, 0.05) is 31.9 Å². The van der Waals surface area contributed by atoms with Crippen LogP contribution in [-0.2, 0) is 6.54 Å². The summed E-state index contributed by atoms with van der Waals surface area (Å²) in [5.74, 6) is -0.522. The molecule has 118 valence electrons. The molecular weight excluding hydrogens is 281 g/mol. The zero-order valence-electron chi connectivity index (χ0n) is 12.3. The Bertz CT molecular complexity index is 454. The Balaban J connectivity index is 1.95. The first kappa shape index (κ1) is 16.0. The van der Waals surface area contributed by atoms with E-state index in [4.69, 9.17) is 0 Å². The fraction of sp³-hybridized carbons (Fsp3) is 0.714. The lowest BCUT2D eigenvalue weighted by molar-refractivity contribution is -0.179. The van der Waals surface area contributed by atoms with Gasteiger partial charge in [-0.2, -0.15) is 13.2 Å². The fourth-order valence-electron chi connectivity index (χ4n) is 2.38. The molecule has 0 spiro atoms. The average molecular weight is 302 g/mol. The van der Waals surface area contributed by atoms with Crippen LogP contribution in [0.15, 0.2) is 12.4 Å². The SMILES string of the molecule is CC(C)NCc1cncc(N2CCC(C(F)(F)F)CC2)n1. The predicted molar refractivity (Wildman–Crippen MR) is 75.0 cm³/mol. The predicted octanol–water partition coefficient (Wildman–Crippen LogP) is 2.75. The Morgan fingerprint density at radius 1 is 1.29 bits per heavy atom. The van der Waals surface area contributed by atoms with Crippen molar-refractivity contribution in [3.8, 4) is 0 Å². The highest BCUT2D eigenvalue weighted by Crippen LogP contribution is 2.34. The van der Waals surface area contributed by atoms with Gasteiger partial charge in [-0.3, -0.25) is 4.98 Å². The first-order chi connectivity index (χ1) is 9.86. The Morgan fingerprint density at radius 2 is 1.95 bits per heavy atom. The van der Waals surface area contributed by atoms with E-state index in [-0.39, 0.29) is 12.8 Å². The molecule has 4 nitrogen and oxygen atoms in total. The van der Waals surface area contributed by atoms with Crippen LogP contribution in [0.1, 0.15) is 32.4 Å². The van der Waals surface area contributed by atoms with Crippen LogP contribution in [0.25, 0.3) is 0 Å². The number of hydrogen-bond donors (Lipinski definition) is 1. The molecule has 1 aliphatic rings. The van der Waals surface area contributed by atoms with Crippen molar-refractivity contribution < 1.29 is 13.2 Å². The van der Waals surface area contributed by atoms with E-state index in [2.05, 4.69) is 15.3 Å². The number of piperidine rings is 1. The zero-order chi connectivity index (χ0) is 15.5. The quantitative estimate of drug-likeness (QED) is 0.928. The third-order valence-electron chi connectivity index (χ3n) is 3.65. The minimum absolute atomic E-state index is 0.125. The lowest BCUT2D eigenvalue weighted by Crippen LogP contribution is -2.39. The maximum absolute atomic E-state index is 12.7. The van der Waals surface area contributed by atoms with Crippen LogP contribution in [-0.4, -0.2) is 35.3 Å². The summed E-state index contributed by atoms with van der Waals surface area (Å²) in [7, 11) is 0. The summed E-state index contributed by atoms with van der Waals surface area (Å²) in [4.78, 5) is 10.5. The second-order valence-electron chi connectivity index (χ2n) is 5.71. The minimum atomic E-state index is -4.08. The second-order valence-corrected chi connectivity index (χ2v) is 5.71. The van der Waals surface area contributed by atoms with E-state index >= 15 is 0 Å². The number of nitrogens with zero attached hydrogens (tertiary/aromatic N) is 3. The third-order valence-corrected chi connectivity index (χ3v) is 3.65. The van der Waals surface area contributed by atoms with Crippen LogP contribution in [0.3, 0.4) is 0 Å². The number of anilines is 1. The summed E-state index contributed by atoms with van der Waals surface area (Å²) in [6.45, 7) is 5.44. The number of hydrogen-bond acceptors (Lipinski definition) is 4. The molecule has 0 aliphatic carbocycles. The van der Waals surface area contributed by atoms with Gasteiger partial charge in [0.05, 0.1) is 17.8 Å². The molecule has 2 heterocycles. The lowest BCUT2D eigenvalue weighted by atomic mass is 9.96. The average Bonchev–Trinajstić information content (AvgIpc) is 2.45. The highest BCUT2D eigenvalue weighted by atomic mass is 19.4. The van der Waals surface area contributed by atoms with Crippen LogP contribution >= 0.6 is 0 Å². The van der Waals surface area contributed by atoms with Gasteiger partial charge in [-0.05, 0) is 12.8 Å². The van der Waals surface area contributed by atoms with Crippen molar-refractivity contribution in [3.05, 3.63) is 18.1 Å². The molecule has 1 N–H and O–H groups in total. The zero-order valence-corrected chi connectivity index (χ0v) is 12.3. The van der Waals surface area contributed by atoms with E-state index in [9.17, 15) is 13.2 Å². The summed E-state index contributed by atoms with van der Waals surface area (Å²) in [5.41, 5.74) is 0.805. The van der Waals surface area contributed by atoms with Crippen molar-refractivity contribution in [2.24, 2.45) is 5.92 Å². The van der Waals surface area contributed by atoms with Crippen LogP contribution in [0.2, 0.25) is 0 Å². The van der Waals surface area contributed by atoms with Gasteiger partial charge in [0.15, 0.2) is 0 Å². The van der Waals surface area contributed by atoms with Gasteiger partial charge in [-0.15, -0.1) is 0 Å². The molecular formula is C14H21F3N4. The number of nitrogens with one attached hydrogen (secondary N) is 1. The summed E-state index contributed by atoms with van der Waals surface area (Å²) >= 11 is 0. The number of halogens is 3. The van der Waals surface area contributed by atoms with Crippen LogP contribution in [0, 0.1) is 5.92 Å². The lowest BCUT2D eigenvalue weighted by Gasteiger charge is -2.33. The maximum atomic E-state index is 12.7. The molecule has 21 heavy (non-hydrogen) atoms. The van der Waals surface area contributed by atoms with Gasteiger partial charge >= 0.3 is 6.18 Å². The molecule has 7 heteroatoms. The van der Waals surface area contributed by atoms with Crippen molar-refractivity contribution in [1.29, 1.82) is 0 Å². The van der Waals surface area contributed by atoms with Gasteiger partial charge in [-0.1, -0.05) is 13.8 Å². The molecule has 0 radical (unpaired) electrons. The standard InChI is InChI=1S/C14H21F3N4/c1-10(2)19-8-12-7-18-9-13(20-12)21-5-3-11(4-6-21)14(15,16)17/h7,9-11,19H,3-6,8H2,1-2H3. The highest BCUT2D eigenvalue weighted by Gasteiger charge is 2.41. The van der Waals surface area contributed by atoms with Gasteiger partial charge < -0.3 is 10.2 Å². The van der Waals surface area contributed by atoms with E-state index < -0.39 is 12.1 Å². The van der Waals surface area contributed by atoms with Crippen molar-refractivity contribution in [1.82, 2.24) is 15.3 Å². The largest absolute Gasteiger partial charge is 0.391 e. The normalized spacial score (nSPS) is 17.5. The Morgan fingerprint density at radius 3 is 2.52 bits per heavy atom. The van der Waals surface area contributed by atoms with E-state index in [0.29, 0.717) is 31.5 Å². The molecule has 0 amide bonds. The smallest absolute Gasteiger partial charge is 0.355 e. The van der Waals surface area contributed by atoms with E-state index in [1.54, 1.807) is 12.4 Å². The fourth-order valence-corrected chi connectivity index (χ4v) is 2.38. The molecule has 0 atom stereocenters. The van der Waals surface area contributed by atoms with E-state index in [1.807, 2.05) is 18.7 Å². The van der Waals surface area contributed by atoms with Crippen molar-refractivity contribution in [3.63, 3.8) is 0 Å². The molecule has 1 aromatic rings. The third kappa shape index (κ3) is 4.56. The molecule has 1 aromatic heterocycles. The van der Waals surface area contributed by atoms with Crippen molar-refractivity contribution >= 4 is 5.82 Å². The summed E-state index contributed by atoms with van der Waals surface area (Å²) < 4.78 is 38.0. The first-order valence-electron chi connectivity index (χ1n) is 7.22. The number of rotatable bonds is 4. The van der Waals surface area contributed by atoms with Gasteiger partial charge in [0.2, 0.25) is 0 Å². The summed E-state index contributed by atoms with van der Waals surface area (Å²) in [5, 5.41) is 3.25. The Hall–Kier alpha value is -1.37. The van der Waals surface area contributed by atoms with E-state index in [0.717, 1.165) is 5.69 Å². The van der Waals surface area contributed by atoms with Crippen molar-refractivity contribution in [2.45, 2.75) is 45.5 Å². The summed E-state index contributed by atoms with van der Waals surface area (Å²) in [6, 6.07) is 0.345. The molecule has 1 fully saturated rings. The monoisotopic (exact) mass is 302 g/mol. The van der Waals surface area contributed by atoms with Crippen LogP contribution in [0.4, 0.5) is 19.0 Å². The molecule has 1 aliphatic heterocycles. The Kier molecular flexibility index (Phi) is 5.03. The maximum Gasteiger partial charge on any atom is 0.391 e. The molecule has 1 saturated heterocycles. The highest BCUT2D eigenvalue weighted by molar-refractivity contribution is 5.36. The van der Waals surface area contributed by atoms with Gasteiger partial charge in [0.1, 0.15) is 5.82 Å². The van der Waals surface area contributed by atoms with Crippen LogP contribution < -0.4 is 10.2 Å². The molecule has 2 rings (SSSR count). The molecule has 0 saturated carbocycles. The molecule has 0 aromatic carbocycles. The topological polar surface area (TPSA) is 41.1 Å². The first-order valence-corrected chi connectivity index (χ1v) is 7.22.